The maximum absolute atomic E-state index is 9.26. The summed E-state index contributed by atoms with van der Waals surface area (Å²) < 4.78 is 5.47. The maximum Gasteiger partial charge on any atom is 0.232 e. The van der Waals surface area contributed by atoms with Crippen molar-refractivity contribution in [1.29, 1.82) is 0 Å². The SMILES string of the molecule is Cc1[nH]c(COCc2ccccc2)nc1O. The van der Waals surface area contributed by atoms with Gasteiger partial charge in [0.1, 0.15) is 12.4 Å². The van der Waals surface area contributed by atoms with Crippen LogP contribution in [0.4, 0.5) is 0 Å². The Kier molecular flexibility index (Phi) is 3.22. The molecule has 0 aliphatic heterocycles. The Balaban J connectivity index is 1.84. The third-order valence-corrected chi connectivity index (χ3v) is 2.26. The third-order valence-electron chi connectivity index (χ3n) is 2.26. The van der Waals surface area contributed by atoms with Gasteiger partial charge in [-0.2, -0.15) is 4.98 Å². The Morgan fingerprint density at radius 1 is 1.25 bits per heavy atom. The highest BCUT2D eigenvalue weighted by Crippen LogP contribution is 2.12. The molecule has 0 spiro atoms. The van der Waals surface area contributed by atoms with Crippen molar-refractivity contribution < 1.29 is 9.84 Å². The standard InChI is InChI=1S/C12H14N2O2/c1-9-12(15)14-11(13-9)8-16-7-10-5-3-2-4-6-10/h2-6,15H,7-8H2,1H3,(H,13,14). The van der Waals surface area contributed by atoms with E-state index in [2.05, 4.69) is 9.97 Å². The summed E-state index contributed by atoms with van der Waals surface area (Å²) >= 11 is 0. The molecule has 16 heavy (non-hydrogen) atoms. The number of benzene rings is 1. The van der Waals surface area contributed by atoms with Crippen LogP contribution in [0.25, 0.3) is 0 Å². The molecule has 0 saturated carbocycles. The molecule has 0 radical (unpaired) electrons. The minimum Gasteiger partial charge on any atom is -0.492 e. The highest BCUT2D eigenvalue weighted by atomic mass is 16.5. The van der Waals surface area contributed by atoms with E-state index >= 15 is 0 Å². The number of aromatic nitrogens is 2. The van der Waals surface area contributed by atoms with Crippen molar-refractivity contribution in [3.63, 3.8) is 0 Å². The van der Waals surface area contributed by atoms with Crippen molar-refractivity contribution >= 4 is 0 Å². The fourth-order valence-corrected chi connectivity index (χ4v) is 1.42. The van der Waals surface area contributed by atoms with E-state index in [-0.39, 0.29) is 5.88 Å². The van der Waals surface area contributed by atoms with E-state index in [1.807, 2.05) is 30.3 Å². The highest BCUT2D eigenvalue weighted by molar-refractivity contribution is 5.17. The quantitative estimate of drug-likeness (QED) is 0.826. The molecule has 1 aromatic carbocycles. The average Bonchev–Trinajstić information content (AvgIpc) is 2.60. The van der Waals surface area contributed by atoms with Crippen molar-refractivity contribution in [2.24, 2.45) is 0 Å². The first-order chi connectivity index (χ1) is 7.75. The van der Waals surface area contributed by atoms with E-state index in [1.165, 1.54) is 0 Å². The number of imidazole rings is 1. The summed E-state index contributed by atoms with van der Waals surface area (Å²) in [5, 5.41) is 9.26. The molecule has 2 N–H and O–H groups in total. The van der Waals surface area contributed by atoms with E-state index in [9.17, 15) is 5.11 Å². The number of hydrogen-bond donors (Lipinski definition) is 2. The van der Waals surface area contributed by atoms with Gasteiger partial charge in [0, 0.05) is 0 Å². The number of nitrogens with zero attached hydrogens (tertiary/aromatic N) is 1. The van der Waals surface area contributed by atoms with Gasteiger partial charge < -0.3 is 14.8 Å². The van der Waals surface area contributed by atoms with Crippen LogP contribution < -0.4 is 0 Å². The normalized spacial score (nSPS) is 10.6. The largest absolute Gasteiger partial charge is 0.492 e. The van der Waals surface area contributed by atoms with Crippen molar-refractivity contribution in [2.45, 2.75) is 20.1 Å². The molecule has 0 atom stereocenters. The second-order valence-corrected chi connectivity index (χ2v) is 3.61. The first kappa shape index (κ1) is 10.7. The number of rotatable bonds is 4. The first-order valence-corrected chi connectivity index (χ1v) is 5.12. The Hall–Kier alpha value is -1.81. The van der Waals surface area contributed by atoms with Crippen LogP contribution in [0.2, 0.25) is 0 Å². The molecule has 0 aliphatic rings. The lowest BCUT2D eigenvalue weighted by molar-refractivity contribution is 0.102. The minimum atomic E-state index is 0.0401. The fourth-order valence-electron chi connectivity index (χ4n) is 1.42. The van der Waals surface area contributed by atoms with E-state index in [1.54, 1.807) is 6.92 Å². The van der Waals surface area contributed by atoms with Gasteiger partial charge in [-0.25, -0.2) is 0 Å². The molecule has 0 aliphatic carbocycles. The van der Waals surface area contributed by atoms with Gasteiger partial charge in [-0.05, 0) is 12.5 Å². The van der Waals surface area contributed by atoms with Gasteiger partial charge in [0.05, 0.1) is 12.3 Å². The Morgan fingerprint density at radius 2 is 2.00 bits per heavy atom. The van der Waals surface area contributed by atoms with Crippen molar-refractivity contribution in [2.75, 3.05) is 0 Å². The van der Waals surface area contributed by atoms with Crippen molar-refractivity contribution in [1.82, 2.24) is 9.97 Å². The van der Waals surface area contributed by atoms with E-state index < -0.39 is 0 Å². The number of aromatic hydroxyl groups is 1. The molecule has 4 nitrogen and oxygen atoms in total. The number of H-pyrrole nitrogens is 1. The molecule has 1 aromatic heterocycles. The van der Waals surface area contributed by atoms with Gasteiger partial charge in [-0.15, -0.1) is 0 Å². The van der Waals surface area contributed by atoms with Gasteiger partial charge in [0.2, 0.25) is 5.88 Å². The molecule has 0 amide bonds. The van der Waals surface area contributed by atoms with Crippen molar-refractivity contribution in [3.8, 4) is 5.88 Å². The predicted octanol–water partition coefficient (Wildman–Crippen LogP) is 2.14. The maximum atomic E-state index is 9.26. The summed E-state index contributed by atoms with van der Waals surface area (Å²) in [5.74, 6) is 0.684. The lowest BCUT2D eigenvalue weighted by Crippen LogP contribution is -1.95. The van der Waals surface area contributed by atoms with Gasteiger partial charge >= 0.3 is 0 Å². The summed E-state index contributed by atoms with van der Waals surface area (Å²) in [6, 6.07) is 9.93. The molecule has 2 aromatic rings. The molecule has 4 heteroatoms. The summed E-state index contributed by atoms with van der Waals surface area (Å²) in [4.78, 5) is 6.86. The van der Waals surface area contributed by atoms with E-state index in [0.717, 1.165) is 5.56 Å². The smallest absolute Gasteiger partial charge is 0.232 e. The number of hydrogen-bond acceptors (Lipinski definition) is 3. The predicted molar refractivity (Wildman–Crippen MR) is 59.9 cm³/mol. The summed E-state index contributed by atoms with van der Waals surface area (Å²) in [7, 11) is 0. The summed E-state index contributed by atoms with van der Waals surface area (Å²) in [6.07, 6.45) is 0. The topological polar surface area (TPSA) is 58.1 Å². The molecule has 2 rings (SSSR count). The summed E-state index contributed by atoms with van der Waals surface area (Å²) in [6.45, 7) is 2.68. The number of nitrogens with one attached hydrogen (secondary N) is 1. The van der Waals surface area contributed by atoms with Crippen LogP contribution in [-0.4, -0.2) is 15.1 Å². The van der Waals surface area contributed by atoms with Crippen LogP contribution >= 0.6 is 0 Å². The molecular weight excluding hydrogens is 204 g/mol. The molecule has 1 heterocycles. The Morgan fingerprint density at radius 3 is 2.62 bits per heavy atom. The zero-order chi connectivity index (χ0) is 11.4. The lowest BCUT2D eigenvalue weighted by Gasteiger charge is -2.01. The van der Waals surface area contributed by atoms with Gasteiger partial charge in [0.15, 0.2) is 0 Å². The van der Waals surface area contributed by atoms with Gasteiger partial charge in [-0.3, -0.25) is 0 Å². The van der Waals surface area contributed by atoms with Crippen LogP contribution in [-0.2, 0) is 18.0 Å². The first-order valence-electron chi connectivity index (χ1n) is 5.12. The van der Waals surface area contributed by atoms with E-state index in [4.69, 9.17) is 4.74 Å². The van der Waals surface area contributed by atoms with Crippen molar-refractivity contribution in [3.05, 3.63) is 47.4 Å². The third kappa shape index (κ3) is 2.61. The fraction of sp³-hybridized carbons (Fsp3) is 0.250. The zero-order valence-electron chi connectivity index (χ0n) is 9.10. The van der Waals surface area contributed by atoms with Crippen LogP contribution in [0.15, 0.2) is 30.3 Å². The Labute approximate surface area is 93.9 Å². The van der Waals surface area contributed by atoms with E-state index in [0.29, 0.717) is 24.7 Å². The minimum absolute atomic E-state index is 0.0401. The molecular formula is C12H14N2O2. The second kappa shape index (κ2) is 4.81. The second-order valence-electron chi connectivity index (χ2n) is 3.61. The van der Waals surface area contributed by atoms with Crippen LogP contribution in [0.5, 0.6) is 5.88 Å². The van der Waals surface area contributed by atoms with Crippen LogP contribution in [0.1, 0.15) is 17.1 Å². The number of ether oxygens (including phenoxy) is 1. The monoisotopic (exact) mass is 218 g/mol. The average molecular weight is 218 g/mol. The Bertz CT molecular complexity index is 432. The highest BCUT2D eigenvalue weighted by Gasteiger charge is 2.04. The molecule has 0 fully saturated rings. The zero-order valence-corrected chi connectivity index (χ0v) is 9.10. The molecule has 0 unspecified atom stereocenters. The summed E-state index contributed by atoms with van der Waals surface area (Å²) in [5.41, 5.74) is 1.79. The molecule has 84 valence electrons. The van der Waals surface area contributed by atoms with Crippen LogP contribution in [0.3, 0.4) is 0 Å². The lowest BCUT2D eigenvalue weighted by atomic mass is 10.2. The number of aromatic amines is 1. The van der Waals surface area contributed by atoms with Gasteiger partial charge in [0.25, 0.3) is 0 Å². The van der Waals surface area contributed by atoms with Gasteiger partial charge in [-0.1, -0.05) is 30.3 Å². The molecule has 0 bridgehead atoms. The molecule has 0 saturated heterocycles. The number of aryl methyl sites for hydroxylation is 1. The van der Waals surface area contributed by atoms with Crippen LogP contribution in [0, 0.1) is 6.92 Å².